The summed E-state index contributed by atoms with van der Waals surface area (Å²) in [5, 5.41) is 12.0. The molecule has 7 heteroatoms. The van der Waals surface area contributed by atoms with E-state index in [9.17, 15) is 4.79 Å². The molecule has 1 heterocycles. The molecule has 2 aromatic carbocycles. The van der Waals surface area contributed by atoms with Gasteiger partial charge in [-0.15, -0.1) is 10.2 Å². The van der Waals surface area contributed by atoms with Crippen molar-refractivity contribution in [1.82, 2.24) is 15.5 Å². The third-order valence-corrected chi connectivity index (χ3v) is 4.79. The SMILES string of the molecule is Cc1ccccc1-c1nnc(SCC(=O)NCCc2cccc(Cl)c2)o1. The first kappa shape index (κ1) is 18.5. The minimum Gasteiger partial charge on any atom is -0.411 e. The van der Waals surface area contributed by atoms with Gasteiger partial charge >= 0.3 is 0 Å². The summed E-state index contributed by atoms with van der Waals surface area (Å²) >= 11 is 7.17. The van der Waals surface area contributed by atoms with Gasteiger partial charge in [0.15, 0.2) is 0 Å². The largest absolute Gasteiger partial charge is 0.411 e. The Morgan fingerprint density at radius 1 is 1.19 bits per heavy atom. The van der Waals surface area contributed by atoms with Gasteiger partial charge < -0.3 is 9.73 Å². The zero-order valence-electron chi connectivity index (χ0n) is 14.2. The van der Waals surface area contributed by atoms with Crippen LogP contribution in [0.15, 0.2) is 58.2 Å². The summed E-state index contributed by atoms with van der Waals surface area (Å²) in [4.78, 5) is 12.0. The zero-order valence-corrected chi connectivity index (χ0v) is 15.8. The van der Waals surface area contributed by atoms with Gasteiger partial charge in [0.25, 0.3) is 5.22 Å². The molecule has 0 atom stereocenters. The number of nitrogens with zero attached hydrogens (tertiary/aromatic N) is 2. The van der Waals surface area contributed by atoms with Crippen molar-refractivity contribution in [1.29, 1.82) is 0 Å². The maximum absolute atomic E-state index is 12.0. The van der Waals surface area contributed by atoms with Crippen LogP contribution in [0.4, 0.5) is 0 Å². The van der Waals surface area contributed by atoms with E-state index in [0.29, 0.717) is 22.7 Å². The van der Waals surface area contributed by atoms with Crippen LogP contribution in [-0.4, -0.2) is 28.4 Å². The summed E-state index contributed by atoms with van der Waals surface area (Å²) < 4.78 is 5.63. The van der Waals surface area contributed by atoms with E-state index in [1.807, 2.05) is 55.5 Å². The van der Waals surface area contributed by atoms with Crippen molar-refractivity contribution in [2.45, 2.75) is 18.6 Å². The molecule has 0 aliphatic carbocycles. The topological polar surface area (TPSA) is 68.0 Å². The summed E-state index contributed by atoms with van der Waals surface area (Å²) in [5.74, 6) is 0.616. The van der Waals surface area contributed by atoms with E-state index in [4.69, 9.17) is 16.0 Å². The highest BCUT2D eigenvalue weighted by atomic mass is 35.5. The van der Waals surface area contributed by atoms with Gasteiger partial charge in [0, 0.05) is 17.1 Å². The number of carbonyl (C=O) groups excluding carboxylic acids is 1. The van der Waals surface area contributed by atoms with Crippen molar-refractivity contribution >= 4 is 29.3 Å². The number of thioether (sulfide) groups is 1. The highest BCUT2D eigenvalue weighted by Crippen LogP contribution is 2.25. The molecular formula is C19H18ClN3O2S. The van der Waals surface area contributed by atoms with Crippen molar-refractivity contribution in [3.8, 4) is 11.5 Å². The molecule has 3 aromatic rings. The fourth-order valence-corrected chi connectivity index (χ4v) is 3.21. The van der Waals surface area contributed by atoms with Crippen LogP contribution in [0.2, 0.25) is 5.02 Å². The average molecular weight is 388 g/mol. The molecule has 1 amide bonds. The number of carbonyl (C=O) groups is 1. The van der Waals surface area contributed by atoms with Gasteiger partial charge in [-0.1, -0.05) is 53.7 Å². The first-order valence-corrected chi connectivity index (χ1v) is 9.51. The highest BCUT2D eigenvalue weighted by Gasteiger charge is 2.12. The Morgan fingerprint density at radius 2 is 2.04 bits per heavy atom. The molecule has 0 saturated heterocycles. The van der Waals surface area contributed by atoms with Crippen LogP contribution in [0.25, 0.3) is 11.5 Å². The number of nitrogens with one attached hydrogen (secondary N) is 1. The van der Waals surface area contributed by atoms with Gasteiger partial charge in [-0.2, -0.15) is 0 Å². The smallest absolute Gasteiger partial charge is 0.277 e. The van der Waals surface area contributed by atoms with Gasteiger partial charge in [0.1, 0.15) is 0 Å². The molecule has 134 valence electrons. The Hall–Kier alpha value is -2.31. The molecule has 0 aliphatic heterocycles. The third kappa shape index (κ3) is 5.09. The number of hydrogen-bond donors (Lipinski definition) is 1. The molecule has 0 spiro atoms. The van der Waals surface area contributed by atoms with E-state index in [2.05, 4.69) is 15.5 Å². The number of aromatic nitrogens is 2. The van der Waals surface area contributed by atoms with Crippen molar-refractivity contribution in [3.63, 3.8) is 0 Å². The van der Waals surface area contributed by atoms with E-state index < -0.39 is 0 Å². The van der Waals surface area contributed by atoms with Crippen LogP contribution in [0.3, 0.4) is 0 Å². The normalized spacial score (nSPS) is 10.7. The molecular weight excluding hydrogens is 370 g/mol. The zero-order chi connectivity index (χ0) is 18.4. The Labute approximate surface area is 161 Å². The monoisotopic (exact) mass is 387 g/mol. The Kier molecular flexibility index (Phi) is 6.30. The lowest BCUT2D eigenvalue weighted by atomic mass is 10.1. The number of halogens is 1. The van der Waals surface area contributed by atoms with Gasteiger partial charge in [-0.05, 0) is 42.7 Å². The van der Waals surface area contributed by atoms with E-state index in [1.165, 1.54) is 11.8 Å². The molecule has 0 aliphatic rings. The van der Waals surface area contributed by atoms with Crippen molar-refractivity contribution in [2.24, 2.45) is 0 Å². The highest BCUT2D eigenvalue weighted by molar-refractivity contribution is 7.99. The lowest BCUT2D eigenvalue weighted by Gasteiger charge is -2.04. The molecule has 1 aromatic heterocycles. The number of benzene rings is 2. The molecule has 5 nitrogen and oxygen atoms in total. The molecule has 0 radical (unpaired) electrons. The van der Waals surface area contributed by atoms with Crippen LogP contribution in [0, 0.1) is 6.92 Å². The van der Waals surface area contributed by atoms with Gasteiger partial charge in [-0.25, -0.2) is 0 Å². The van der Waals surface area contributed by atoms with Gasteiger partial charge in [-0.3, -0.25) is 4.79 Å². The van der Waals surface area contributed by atoms with Crippen LogP contribution in [0.5, 0.6) is 0 Å². The summed E-state index contributed by atoms with van der Waals surface area (Å²) in [6.45, 7) is 2.54. The molecule has 3 rings (SSSR count). The molecule has 1 N–H and O–H groups in total. The Balaban J connectivity index is 1.45. The Bertz CT molecular complexity index is 898. The lowest BCUT2D eigenvalue weighted by molar-refractivity contribution is -0.118. The van der Waals surface area contributed by atoms with Crippen molar-refractivity contribution < 1.29 is 9.21 Å². The maximum atomic E-state index is 12.0. The first-order chi connectivity index (χ1) is 12.6. The van der Waals surface area contributed by atoms with Crippen molar-refractivity contribution in [3.05, 3.63) is 64.7 Å². The predicted molar refractivity (Wildman–Crippen MR) is 103 cm³/mol. The second-order valence-corrected chi connectivity index (χ2v) is 7.07. The summed E-state index contributed by atoms with van der Waals surface area (Å²) in [6.07, 6.45) is 0.731. The second-order valence-electron chi connectivity index (χ2n) is 5.71. The van der Waals surface area contributed by atoms with E-state index in [1.54, 1.807) is 0 Å². The summed E-state index contributed by atoms with van der Waals surface area (Å²) in [5.41, 5.74) is 3.05. The van der Waals surface area contributed by atoms with Crippen LogP contribution >= 0.6 is 23.4 Å². The number of rotatable bonds is 7. The average Bonchev–Trinajstić information content (AvgIpc) is 3.09. The van der Waals surface area contributed by atoms with E-state index in [-0.39, 0.29) is 11.7 Å². The number of hydrogen-bond acceptors (Lipinski definition) is 5. The Morgan fingerprint density at radius 3 is 2.85 bits per heavy atom. The van der Waals surface area contributed by atoms with Gasteiger partial charge in [0.05, 0.1) is 5.75 Å². The molecule has 0 unspecified atom stereocenters. The standard InChI is InChI=1S/C19H18ClN3O2S/c1-13-5-2-3-8-16(13)18-22-23-19(25-18)26-12-17(24)21-10-9-14-6-4-7-15(20)11-14/h2-8,11H,9-10,12H2,1H3,(H,21,24). The minimum absolute atomic E-state index is 0.0762. The maximum Gasteiger partial charge on any atom is 0.277 e. The predicted octanol–water partition coefficient (Wildman–Crippen LogP) is 4.15. The fraction of sp³-hybridized carbons (Fsp3) is 0.211. The third-order valence-electron chi connectivity index (χ3n) is 3.73. The summed E-state index contributed by atoms with van der Waals surface area (Å²) in [6, 6.07) is 15.4. The van der Waals surface area contributed by atoms with Crippen LogP contribution < -0.4 is 5.32 Å². The van der Waals surface area contributed by atoms with Crippen LogP contribution in [-0.2, 0) is 11.2 Å². The fourth-order valence-electron chi connectivity index (χ4n) is 2.41. The van der Waals surface area contributed by atoms with E-state index >= 15 is 0 Å². The summed E-state index contributed by atoms with van der Waals surface area (Å²) in [7, 11) is 0. The first-order valence-electron chi connectivity index (χ1n) is 8.15. The second kappa shape index (κ2) is 8.87. The quantitative estimate of drug-likeness (QED) is 0.617. The lowest BCUT2D eigenvalue weighted by Crippen LogP contribution is -2.27. The van der Waals surface area contributed by atoms with Crippen LogP contribution in [0.1, 0.15) is 11.1 Å². The molecule has 26 heavy (non-hydrogen) atoms. The van der Waals surface area contributed by atoms with Gasteiger partial charge in [0.2, 0.25) is 11.8 Å². The molecule has 0 fully saturated rings. The molecule has 0 saturated carbocycles. The number of aryl methyl sites for hydroxylation is 1. The van der Waals surface area contributed by atoms with E-state index in [0.717, 1.165) is 23.1 Å². The molecule has 0 bridgehead atoms. The number of amides is 1. The minimum atomic E-state index is -0.0762. The van der Waals surface area contributed by atoms with Crippen molar-refractivity contribution in [2.75, 3.05) is 12.3 Å².